The zero-order valence-corrected chi connectivity index (χ0v) is 22.3. The summed E-state index contributed by atoms with van der Waals surface area (Å²) in [7, 11) is 6.52. The molecule has 1 aliphatic rings. The Hall–Kier alpha value is -4.36. The molecule has 4 aromatic carbocycles. The zero-order chi connectivity index (χ0) is 27.5. The third kappa shape index (κ3) is 5.31. The van der Waals surface area contributed by atoms with Crippen LogP contribution in [0.15, 0.2) is 84.9 Å². The lowest BCUT2D eigenvalue weighted by Gasteiger charge is -2.27. The van der Waals surface area contributed by atoms with Gasteiger partial charge in [-0.05, 0) is 70.8 Å². The van der Waals surface area contributed by atoms with Crippen LogP contribution in [0.4, 0.5) is 0 Å². The van der Waals surface area contributed by atoms with Crippen LogP contribution < -0.4 is 18.9 Å². The Kier molecular flexibility index (Phi) is 7.52. The van der Waals surface area contributed by atoms with Gasteiger partial charge in [-0.3, -0.25) is 0 Å². The highest BCUT2D eigenvalue weighted by Gasteiger charge is 2.47. The molecule has 0 amide bonds. The van der Waals surface area contributed by atoms with Crippen LogP contribution >= 0.6 is 0 Å². The van der Waals surface area contributed by atoms with E-state index in [-0.39, 0.29) is 35.5 Å². The normalized spacial score (nSPS) is 20.4. The van der Waals surface area contributed by atoms with Crippen LogP contribution in [-0.2, 0) is 4.74 Å². The Morgan fingerprint density at radius 2 is 0.769 bits per heavy atom. The fourth-order valence-electron chi connectivity index (χ4n) is 5.41. The Bertz CT molecular complexity index is 1260. The van der Waals surface area contributed by atoms with Gasteiger partial charge in [0.15, 0.2) is 0 Å². The van der Waals surface area contributed by atoms with Crippen molar-refractivity contribution in [2.75, 3.05) is 28.4 Å². The van der Waals surface area contributed by atoms with E-state index in [0.717, 1.165) is 22.3 Å². The molecule has 1 fully saturated rings. The van der Waals surface area contributed by atoms with Crippen LogP contribution in [0.25, 0.3) is 0 Å². The number of methoxy groups -OCH3 is 4. The number of rotatable bonds is 8. The third-order valence-electron chi connectivity index (χ3n) is 7.29. The Balaban J connectivity index is 1.76. The van der Waals surface area contributed by atoms with Crippen LogP contribution in [0, 0.1) is 0 Å². The molecule has 0 bridgehead atoms. The topological polar surface area (TPSA) is 86.6 Å². The van der Waals surface area contributed by atoms with Gasteiger partial charge in [0.1, 0.15) is 34.5 Å². The lowest BCUT2D eigenvalue weighted by molar-refractivity contribution is 0.0366. The molecule has 2 N–H and O–H groups in total. The fourth-order valence-corrected chi connectivity index (χ4v) is 5.41. The predicted molar refractivity (Wildman–Crippen MR) is 147 cm³/mol. The van der Waals surface area contributed by atoms with E-state index in [1.54, 1.807) is 52.7 Å². The lowest BCUT2D eigenvalue weighted by atomic mass is 9.75. The SMILES string of the molecule is COc1cc(OC)cc(C2C(c3ccc(O)cc3)OC(c3ccc(O)cc3)C2c2cc(OC)cc(OC)c2)c1. The highest BCUT2D eigenvalue weighted by molar-refractivity contribution is 5.48. The summed E-state index contributed by atoms with van der Waals surface area (Å²) in [6, 6.07) is 25.9. The Morgan fingerprint density at radius 3 is 1.05 bits per heavy atom. The van der Waals surface area contributed by atoms with Crippen molar-refractivity contribution < 1.29 is 33.9 Å². The molecule has 4 atom stereocenters. The molecular formula is C32H32O7. The van der Waals surface area contributed by atoms with Crippen molar-refractivity contribution in [3.05, 3.63) is 107 Å². The second kappa shape index (κ2) is 11.2. The van der Waals surface area contributed by atoms with Gasteiger partial charge in [-0.2, -0.15) is 0 Å². The molecule has 7 heteroatoms. The van der Waals surface area contributed by atoms with E-state index in [0.29, 0.717) is 23.0 Å². The van der Waals surface area contributed by atoms with Gasteiger partial charge < -0.3 is 33.9 Å². The van der Waals surface area contributed by atoms with E-state index in [1.165, 1.54) is 0 Å². The van der Waals surface area contributed by atoms with Gasteiger partial charge in [-0.15, -0.1) is 0 Å². The molecule has 4 aromatic rings. The maximum atomic E-state index is 10.00. The number of aromatic hydroxyl groups is 2. The minimum Gasteiger partial charge on any atom is -0.508 e. The largest absolute Gasteiger partial charge is 0.508 e. The van der Waals surface area contributed by atoms with E-state index in [4.69, 9.17) is 23.7 Å². The Labute approximate surface area is 228 Å². The molecule has 4 unspecified atom stereocenters. The first kappa shape index (κ1) is 26.3. The van der Waals surface area contributed by atoms with E-state index in [1.807, 2.05) is 60.7 Å². The molecule has 1 saturated heterocycles. The van der Waals surface area contributed by atoms with Crippen molar-refractivity contribution in [1.29, 1.82) is 0 Å². The summed E-state index contributed by atoms with van der Waals surface area (Å²) in [5, 5.41) is 20.0. The van der Waals surface area contributed by atoms with Gasteiger partial charge in [0.25, 0.3) is 0 Å². The quantitative estimate of drug-likeness (QED) is 0.270. The lowest BCUT2D eigenvalue weighted by Crippen LogP contribution is -2.14. The maximum absolute atomic E-state index is 10.00. The summed E-state index contributed by atoms with van der Waals surface area (Å²) < 4.78 is 29.4. The molecule has 0 aromatic heterocycles. The first-order chi connectivity index (χ1) is 18.9. The predicted octanol–water partition coefficient (Wildman–Crippen LogP) is 6.51. The summed E-state index contributed by atoms with van der Waals surface area (Å²) in [4.78, 5) is 0. The summed E-state index contributed by atoms with van der Waals surface area (Å²) >= 11 is 0. The van der Waals surface area contributed by atoms with Crippen molar-refractivity contribution in [3.8, 4) is 34.5 Å². The Morgan fingerprint density at radius 1 is 0.462 bits per heavy atom. The second-order valence-electron chi connectivity index (χ2n) is 9.50. The summed E-state index contributed by atoms with van der Waals surface area (Å²) in [5.41, 5.74) is 3.77. The monoisotopic (exact) mass is 528 g/mol. The van der Waals surface area contributed by atoms with Crippen LogP contribution in [0.2, 0.25) is 0 Å². The summed E-state index contributed by atoms with van der Waals surface area (Å²) in [6.45, 7) is 0. The van der Waals surface area contributed by atoms with Crippen molar-refractivity contribution in [3.63, 3.8) is 0 Å². The molecule has 202 valence electrons. The van der Waals surface area contributed by atoms with Crippen molar-refractivity contribution in [1.82, 2.24) is 0 Å². The molecule has 0 saturated carbocycles. The third-order valence-corrected chi connectivity index (χ3v) is 7.29. The average molecular weight is 529 g/mol. The molecule has 0 radical (unpaired) electrons. The highest BCUT2D eigenvalue weighted by atomic mass is 16.5. The van der Waals surface area contributed by atoms with Gasteiger partial charge in [0.05, 0.1) is 40.6 Å². The standard InChI is InChI=1S/C32H32O7/c1-35-25-13-21(14-26(17-25)36-2)29-30(22-15-27(37-3)18-28(16-22)38-4)32(20-7-11-24(34)12-8-20)39-31(29)19-5-9-23(33)10-6-19/h5-18,29-34H,1-4H3. The molecule has 39 heavy (non-hydrogen) atoms. The van der Waals surface area contributed by atoms with E-state index in [9.17, 15) is 10.2 Å². The molecule has 1 aliphatic heterocycles. The van der Waals surface area contributed by atoms with Gasteiger partial charge in [-0.1, -0.05) is 24.3 Å². The number of hydrogen-bond acceptors (Lipinski definition) is 7. The van der Waals surface area contributed by atoms with Gasteiger partial charge in [0, 0.05) is 24.0 Å². The number of hydrogen-bond donors (Lipinski definition) is 2. The summed E-state index contributed by atoms with van der Waals surface area (Å²) in [5.74, 6) is 2.64. The summed E-state index contributed by atoms with van der Waals surface area (Å²) in [6.07, 6.45) is -0.771. The van der Waals surface area contributed by atoms with Gasteiger partial charge in [-0.25, -0.2) is 0 Å². The molecule has 5 rings (SSSR count). The van der Waals surface area contributed by atoms with Gasteiger partial charge >= 0.3 is 0 Å². The van der Waals surface area contributed by atoms with Crippen LogP contribution in [0.3, 0.4) is 0 Å². The minimum atomic E-state index is -0.386. The van der Waals surface area contributed by atoms with Crippen molar-refractivity contribution >= 4 is 0 Å². The van der Waals surface area contributed by atoms with E-state index < -0.39 is 0 Å². The van der Waals surface area contributed by atoms with Crippen LogP contribution in [0.1, 0.15) is 46.3 Å². The van der Waals surface area contributed by atoms with Crippen LogP contribution in [-0.4, -0.2) is 38.7 Å². The molecule has 0 aliphatic carbocycles. The fraction of sp³-hybridized carbons (Fsp3) is 0.250. The van der Waals surface area contributed by atoms with E-state index >= 15 is 0 Å². The number of phenols is 2. The smallest absolute Gasteiger partial charge is 0.122 e. The van der Waals surface area contributed by atoms with Crippen LogP contribution in [0.5, 0.6) is 34.5 Å². The number of benzene rings is 4. The highest BCUT2D eigenvalue weighted by Crippen LogP contribution is 2.60. The minimum absolute atomic E-state index is 0.181. The van der Waals surface area contributed by atoms with Crippen molar-refractivity contribution in [2.45, 2.75) is 24.0 Å². The zero-order valence-electron chi connectivity index (χ0n) is 22.3. The number of ether oxygens (including phenoxy) is 5. The second-order valence-corrected chi connectivity index (χ2v) is 9.50. The molecular weight excluding hydrogens is 496 g/mol. The molecule has 1 heterocycles. The number of phenolic OH excluding ortho intramolecular Hbond substituents is 2. The first-order valence-electron chi connectivity index (χ1n) is 12.6. The average Bonchev–Trinajstić information content (AvgIpc) is 3.38. The maximum Gasteiger partial charge on any atom is 0.122 e. The van der Waals surface area contributed by atoms with Gasteiger partial charge in [0.2, 0.25) is 0 Å². The molecule has 7 nitrogen and oxygen atoms in total. The molecule has 0 spiro atoms. The van der Waals surface area contributed by atoms with E-state index in [2.05, 4.69) is 0 Å². The first-order valence-corrected chi connectivity index (χ1v) is 12.6. The van der Waals surface area contributed by atoms with Crippen molar-refractivity contribution in [2.24, 2.45) is 0 Å².